The van der Waals surface area contributed by atoms with Crippen LogP contribution in [0.25, 0.3) is 0 Å². The minimum absolute atomic E-state index is 0.222. The van der Waals surface area contributed by atoms with Crippen LogP contribution in [0, 0.1) is 0 Å². The van der Waals surface area contributed by atoms with Gasteiger partial charge in [-0.2, -0.15) is 0 Å². The Morgan fingerprint density at radius 2 is 2.33 bits per heavy atom. The summed E-state index contributed by atoms with van der Waals surface area (Å²) in [5, 5.41) is 3.57. The molecule has 0 rings (SSSR count). The summed E-state index contributed by atoms with van der Waals surface area (Å²) in [5.41, 5.74) is 5.22. The third-order valence-corrected chi connectivity index (χ3v) is 1.04. The topological polar surface area (TPSA) is 67.4 Å². The second kappa shape index (κ2) is 4.20. The van der Waals surface area contributed by atoms with Crippen LogP contribution in [0.1, 0.15) is 13.3 Å². The summed E-state index contributed by atoms with van der Waals surface area (Å²) in [6, 6.07) is 0. The zero-order chi connectivity index (χ0) is 7.28. The number of nitrogens with zero attached hydrogens (tertiary/aromatic N) is 2. The summed E-state index contributed by atoms with van der Waals surface area (Å²) >= 11 is 4.61. The van der Waals surface area contributed by atoms with Crippen molar-refractivity contribution in [2.45, 2.75) is 13.3 Å². The zero-order valence-corrected chi connectivity index (χ0v) is 6.19. The molecule has 0 amide bonds. The van der Waals surface area contributed by atoms with Gasteiger partial charge in [-0.15, -0.1) is 4.70 Å². The van der Waals surface area contributed by atoms with E-state index in [-0.39, 0.29) is 5.11 Å². The Kier molecular flexibility index (Phi) is 3.87. The lowest BCUT2D eigenvalue weighted by Gasteiger charge is -1.95. The van der Waals surface area contributed by atoms with E-state index in [9.17, 15) is 0 Å². The average molecular weight is 147 g/mol. The first-order valence-corrected chi connectivity index (χ1v) is 3.11. The Balaban J connectivity index is 3.85. The van der Waals surface area contributed by atoms with Crippen LogP contribution in [-0.2, 0) is 0 Å². The van der Waals surface area contributed by atoms with E-state index in [1.165, 1.54) is 4.70 Å². The molecule has 0 aromatic rings. The molecule has 0 aromatic carbocycles. The monoisotopic (exact) mass is 147 g/mol. The van der Waals surface area contributed by atoms with Gasteiger partial charge in [-0.05, 0) is 18.6 Å². The molecule has 0 saturated carbocycles. The molecule has 9 heavy (non-hydrogen) atoms. The molecule has 0 bridgehead atoms. The van der Waals surface area contributed by atoms with Gasteiger partial charge in [-0.3, -0.25) is 0 Å². The van der Waals surface area contributed by atoms with Crippen molar-refractivity contribution in [1.82, 2.24) is 0 Å². The third-order valence-electron chi connectivity index (χ3n) is 0.829. The quantitative estimate of drug-likeness (QED) is 0.190. The largest absolute Gasteiger partial charge is 0.307 e. The van der Waals surface area contributed by atoms with E-state index in [0.29, 0.717) is 6.54 Å². The van der Waals surface area contributed by atoms with Gasteiger partial charge in [0.25, 0.3) is 0 Å². The highest BCUT2D eigenvalue weighted by Gasteiger charge is 2.00. The molecule has 52 valence electrons. The summed E-state index contributed by atoms with van der Waals surface area (Å²) < 4.78 is 1.38. The second-order valence-electron chi connectivity index (χ2n) is 1.58. The highest BCUT2D eigenvalue weighted by Crippen LogP contribution is 1.80. The maximum atomic E-state index is 5.22. The lowest BCUT2D eigenvalue weighted by Crippen LogP contribution is -2.27. The maximum absolute atomic E-state index is 5.22. The molecule has 4 nitrogen and oxygen atoms in total. The molecule has 0 saturated heterocycles. The standard InChI is InChI=1S/C4H10N4S/c1-2-3-8(7-6)4(5)9/h6H,2-3H2,1H3,(H2,5,9)/p+1. The molecule has 0 aliphatic heterocycles. The number of hydrogen-bond donors (Lipinski definition) is 2. The van der Waals surface area contributed by atoms with Crippen molar-refractivity contribution in [2.75, 3.05) is 6.54 Å². The lowest BCUT2D eigenvalue weighted by atomic mass is 10.5. The summed E-state index contributed by atoms with van der Waals surface area (Å²) in [4.78, 5) is 0. The van der Waals surface area contributed by atoms with Crippen LogP contribution in [0.5, 0.6) is 0 Å². The van der Waals surface area contributed by atoms with E-state index >= 15 is 0 Å². The van der Waals surface area contributed by atoms with Crippen LogP contribution in [0.3, 0.4) is 0 Å². The highest BCUT2D eigenvalue weighted by atomic mass is 32.1. The second-order valence-corrected chi connectivity index (χ2v) is 2.00. The molecule has 0 aliphatic carbocycles. The predicted molar refractivity (Wildman–Crippen MR) is 38.8 cm³/mol. The van der Waals surface area contributed by atoms with Gasteiger partial charge in [0.2, 0.25) is 0 Å². The Morgan fingerprint density at radius 1 is 1.78 bits per heavy atom. The van der Waals surface area contributed by atoms with Crippen LogP contribution in [0.4, 0.5) is 0 Å². The fraction of sp³-hybridized carbons (Fsp3) is 0.750. The molecule has 0 aliphatic rings. The van der Waals surface area contributed by atoms with Crippen molar-refractivity contribution < 1.29 is 4.70 Å². The summed E-state index contributed by atoms with van der Waals surface area (Å²) in [5.74, 6) is 4.94. The van der Waals surface area contributed by atoms with Gasteiger partial charge in [0.15, 0.2) is 0 Å². The molecule has 0 radical (unpaired) electrons. The molecule has 0 unspecified atom stereocenters. The van der Waals surface area contributed by atoms with Gasteiger partial charge in [-0.25, -0.2) is 5.84 Å². The molecular weight excluding hydrogens is 136 g/mol. The summed E-state index contributed by atoms with van der Waals surface area (Å²) in [6.07, 6.45) is 0.929. The zero-order valence-electron chi connectivity index (χ0n) is 5.37. The van der Waals surface area contributed by atoms with Gasteiger partial charge in [-0.1, -0.05) is 6.92 Å². The van der Waals surface area contributed by atoms with Crippen molar-refractivity contribution in [3.63, 3.8) is 0 Å². The van der Waals surface area contributed by atoms with Crippen molar-refractivity contribution in [3.8, 4) is 0 Å². The van der Waals surface area contributed by atoms with E-state index in [4.69, 9.17) is 11.6 Å². The highest BCUT2D eigenvalue weighted by molar-refractivity contribution is 7.79. The number of rotatable bonds is 2. The number of thiocarbonyl (C=S) groups is 1. The van der Waals surface area contributed by atoms with Gasteiger partial charge < -0.3 is 5.73 Å². The Labute approximate surface area is 59.5 Å². The van der Waals surface area contributed by atoms with Crippen LogP contribution >= 0.6 is 12.2 Å². The van der Waals surface area contributed by atoms with Crippen molar-refractivity contribution in [2.24, 2.45) is 16.8 Å². The predicted octanol–water partition coefficient (Wildman–Crippen LogP) is -0.0216. The van der Waals surface area contributed by atoms with Crippen molar-refractivity contribution >= 4 is 17.3 Å². The molecule has 0 atom stereocenters. The minimum Gasteiger partial charge on any atom is -0.307 e. The van der Waals surface area contributed by atoms with E-state index in [1.807, 2.05) is 6.92 Å². The van der Waals surface area contributed by atoms with Gasteiger partial charge in [0, 0.05) is 5.22 Å². The first-order chi connectivity index (χ1) is 4.22. The smallest absolute Gasteiger partial charge is 0.306 e. The Bertz CT molecular complexity index is 131. The van der Waals surface area contributed by atoms with Gasteiger partial charge in [0.05, 0.1) is 6.54 Å². The van der Waals surface area contributed by atoms with Crippen LogP contribution in [0.2, 0.25) is 0 Å². The van der Waals surface area contributed by atoms with Gasteiger partial charge >= 0.3 is 5.11 Å². The maximum Gasteiger partial charge on any atom is 0.306 e. The van der Waals surface area contributed by atoms with E-state index in [1.54, 1.807) is 0 Å². The third kappa shape index (κ3) is 2.97. The number of hydrogen-bond acceptors (Lipinski definition) is 2. The molecular formula is C4H11N4S+. The molecule has 0 aromatic heterocycles. The SMILES string of the molecule is CCC[N+](=NN)C(N)=S. The van der Waals surface area contributed by atoms with Crippen LogP contribution < -0.4 is 11.6 Å². The molecule has 4 N–H and O–H groups in total. The first-order valence-electron chi connectivity index (χ1n) is 2.70. The van der Waals surface area contributed by atoms with Crippen molar-refractivity contribution in [3.05, 3.63) is 0 Å². The van der Waals surface area contributed by atoms with Gasteiger partial charge in [0.1, 0.15) is 0 Å². The normalized spacial score (nSPS) is 11.4. The Hall–Kier alpha value is -0.710. The van der Waals surface area contributed by atoms with Crippen LogP contribution in [-0.4, -0.2) is 16.4 Å². The van der Waals surface area contributed by atoms with E-state index < -0.39 is 0 Å². The number of nitrogens with two attached hydrogens (primary N) is 2. The fourth-order valence-electron chi connectivity index (χ4n) is 0.437. The summed E-state index contributed by atoms with van der Waals surface area (Å²) in [7, 11) is 0. The van der Waals surface area contributed by atoms with Crippen LogP contribution in [0.15, 0.2) is 5.22 Å². The Morgan fingerprint density at radius 3 is 2.44 bits per heavy atom. The lowest BCUT2D eigenvalue weighted by molar-refractivity contribution is -0.483. The molecule has 0 heterocycles. The van der Waals surface area contributed by atoms with E-state index in [0.717, 1.165) is 6.42 Å². The van der Waals surface area contributed by atoms with Crippen molar-refractivity contribution in [1.29, 1.82) is 0 Å². The molecule has 0 fully saturated rings. The summed E-state index contributed by atoms with van der Waals surface area (Å²) in [6.45, 7) is 2.68. The minimum atomic E-state index is 0.222. The average Bonchev–Trinajstić information content (AvgIpc) is 1.82. The first kappa shape index (κ1) is 8.29. The molecule has 0 spiro atoms. The van der Waals surface area contributed by atoms with E-state index in [2.05, 4.69) is 17.4 Å². The fourth-order valence-corrected chi connectivity index (χ4v) is 0.575. The molecule has 5 heteroatoms.